The number of ether oxygens (including phenoxy) is 1. The van der Waals surface area contributed by atoms with E-state index in [0.717, 1.165) is 4.47 Å². The largest absolute Gasteiger partial charge is 0.494 e. The summed E-state index contributed by atoms with van der Waals surface area (Å²) in [6.45, 7) is 0. The molecule has 0 aliphatic rings. The van der Waals surface area contributed by atoms with Crippen molar-refractivity contribution in [2.45, 2.75) is 0 Å². The second kappa shape index (κ2) is 5.49. The average molecular weight is 330 g/mol. The first-order chi connectivity index (χ1) is 8.61. The van der Waals surface area contributed by atoms with Crippen molar-refractivity contribution in [3.05, 3.63) is 44.8 Å². The number of thiophene rings is 1. The van der Waals surface area contributed by atoms with Gasteiger partial charge in [0.1, 0.15) is 4.88 Å². The van der Waals surface area contributed by atoms with E-state index in [9.17, 15) is 9.18 Å². The summed E-state index contributed by atoms with van der Waals surface area (Å²) in [6, 6.07) is 6.06. The highest BCUT2D eigenvalue weighted by Gasteiger charge is 2.12. The zero-order valence-corrected chi connectivity index (χ0v) is 11.8. The minimum absolute atomic E-state index is 0.144. The zero-order chi connectivity index (χ0) is 13.1. The van der Waals surface area contributed by atoms with Gasteiger partial charge in [0.25, 0.3) is 5.91 Å². The highest BCUT2D eigenvalue weighted by molar-refractivity contribution is 9.10. The lowest BCUT2D eigenvalue weighted by Gasteiger charge is -2.06. The lowest BCUT2D eigenvalue weighted by atomic mass is 10.3. The molecule has 0 unspecified atom stereocenters. The molecule has 0 aliphatic carbocycles. The molecule has 6 heteroatoms. The Kier molecular flexibility index (Phi) is 3.98. The van der Waals surface area contributed by atoms with E-state index in [4.69, 9.17) is 4.74 Å². The van der Waals surface area contributed by atoms with E-state index >= 15 is 0 Å². The lowest BCUT2D eigenvalue weighted by molar-refractivity contribution is 0.103. The molecule has 0 atom stereocenters. The third-order valence-electron chi connectivity index (χ3n) is 2.23. The molecule has 1 aromatic heterocycles. The van der Waals surface area contributed by atoms with Gasteiger partial charge in [0.15, 0.2) is 11.6 Å². The van der Waals surface area contributed by atoms with Gasteiger partial charge in [0.05, 0.1) is 7.11 Å². The lowest BCUT2D eigenvalue weighted by Crippen LogP contribution is -2.10. The van der Waals surface area contributed by atoms with Crippen LogP contribution in [0.5, 0.6) is 5.75 Å². The minimum atomic E-state index is -0.513. The van der Waals surface area contributed by atoms with Gasteiger partial charge in [0, 0.05) is 16.2 Å². The average Bonchev–Trinajstić information content (AvgIpc) is 2.76. The Morgan fingerprint density at radius 2 is 2.22 bits per heavy atom. The summed E-state index contributed by atoms with van der Waals surface area (Å²) in [7, 11) is 1.39. The number of methoxy groups -OCH3 is 1. The fraction of sp³-hybridized carbons (Fsp3) is 0.0833. The van der Waals surface area contributed by atoms with Gasteiger partial charge in [-0.1, -0.05) is 0 Å². The molecule has 3 nitrogen and oxygen atoms in total. The number of carbonyl (C=O) groups excluding carboxylic acids is 1. The van der Waals surface area contributed by atoms with Crippen molar-refractivity contribution in [2.75, 3.05) is 12.4 Å². The van der Waals surface area contributed by atoms with Crippen LogP contribution in [0.2, 0.25) is 0 Å². The molecule has 0 aliphatic heterocycles. The molecule has 0 saturated heterocycles. The van der Waals surface area contributed by atoms with Gasteiger partial charge in [-0.05, 0) is 39.5 Å². The Morgan fingerprint density at radius 3 is 2.78 bits per heavy atom. The van der Waals surface area contributed by atoms with Crippen LogP contribution < -0.4 is 10.1 Å². The molecule has 0 bridgehead atoms. The number of halogens is 2. The molecule has 0 saturated carbocycles. The first-order valence-electron chi connectivity index (χ1n) is 4.99. The standard InChI is InChI=1S/C12H9BrFNO2S/c1-17-10-3-2-7(6-9(10)14)15-12(16)11-8(13)4-5-18-11/h2-6H,1H3,(H,15,16). The van der Waals surface area contributed by atoms with Crippen molar-refractivity contribution in [3.8, 4) is 5.75 Å². The zero-order valence-electron chi connectivity index (χ0n) is 9.37. The molecule has 1 N–H and O–H groups in total. The van der Waals surface area contributed by atoms with E-state index in [2.05, 4.69) is 21.2 Å². The predicted octanol–water partition coefficient (Wildman–Crippen LogP) is 3.91. The Morgan fingerprint density at radius 1 is 1.44 bits per heavy atom. The van der Waals surface area contributed by atoms with Crippen LogP contribution in [-0.2, 0) is 0 Å². The van der Waals surface area contributed by atoms with Crippen LogP contribution in [0.1, 0.15) is 9.67 Å². The predicted molar refractivity (Wildman–Crippen MR) is 72.9 cm³/mol. The van der Waals surface area contributed by atoms with Crippen molar-refractivity contribution in [3.63, 3.8) is 0 Å². The molecule has 0 fully saturated rings. The number of carbonyl (C=O) groups is 1. The topological polar surface area (TPSA) is 38.3 Å². The number of hydrogen-bond donors (Lipinski definition) is 1. The van der Waals surface area contributed by atoms with E-state index in [1.54, 1.807) is 17.5 Å². The van der Waals surface area contributed by atoms with Gasteiger partial charge >= 0.3 is 0 Å². The highest BCUT2D eigenvalue weighted by atomic mass is 79.9. The number of amides is 1. The molecule has 18 heavy (non-hydrogen) atoms. The van der Waals surface area contributed by atoms with Crippen LogP contribution in [0.25, 0.3) is 0 Å². The summed E-state index contributed by atoms with van der Waals surface area (Å²) in [5, 5.41) is 4.42. The second-order valence-corrected chi connectivity index (χ2v) is 5.17. The summed E-state index contributed by atoms with van der Waals surface area (Å²) < 4.78 is 19.0. The van der Waals surface area contributed by atoms with Gasteiger partial charge in [-0.3, -0.25) is 4.79 Å². The summed E-state index contributed by atoms with van der Waals surface area (Å²) in [5.41, 5.74) is 0.388. The highest BCUT2D eigenvalue weighted by Crippen LogP contribution is 2.25. The Labute approximate surface area is 116 Å². The van der Waals surface area contributed by atoms with Gasteiger partial charge in [0.2, 0.25) is 0 Å². The number of hydrogen-bond acceptors (Lipinski definition) is 3. The fourth-order valence-electron chi connectivity index (χ4n) is 1.39. The molecule has 2 rings (SSSR count). The molecule has 0 radical (unpaired) electrons. The van der Waals surface area contributed by atoms with Crippen molar-refractivity contribution < 1.29 is 13.9 Å². The molecule has 1 aromatic carbocycles. The molecular formula is C12H9BrFNO2S. The molecule has 1 amide bonds. The number of benzene rings is 1. The Bertz CT molecular complexity index is 585. The van der Waals surface area contributed by atoms with Crippen LogP contribution >= 0.6 is 27.3 Å². The third kappa shape index (κ3) is 2.70. The number of rotatable bonds is 3. The maximum atomic E-state index is 13.4. The number of anilines is 1. The van der Waals surface area contributed by atoms with Gasteiger partial charge < -0.3 is 10.1 Å². The van der Waals surface area contributed by atoms with Gasteiger partial charge in [-0.25, -0.2) is 4.39 Å². The molecule has 0 spiro atoms. The summed E-state index contributed by atoms with van der Waals surface area (Å²) in [5.74, 6) is -0.646. The fourth-order valence-corrected chi connectivity index (χ4v) is 2.83. The van der Waals surface area contributed by atoms with Crippen LogP contribution in [0.4, 0.5) is 10.1 Å². The van der Waals surface area contributed by atoms with Crippen LogP contribution in [-0.4, -0.2) is 13.0 Å². The van der Waals surface area contributed by atoms with Crippen molar-refractivity contribution in [1.82, 2.24) is 0 Å². The smallest absolute Gasteiger partial charge is 0.266 e. The monoisotopic (exact) mass is 329 g/mol. The van der Waals surface area contributed by atoms with Crippen LogP contribution in [0.15, 0.2) is 34.1 Å². The molecule has 94 valence electrons. The maximum Gasteiger partial charge on any atom is 0.266 e. The van der Waals surface area contributed by atoms with Crippen molar-refractivity contribution in [2.24, 2.45) is 0 Å². The van der Waals surface area contributed by atoms with E-state index in [-0.39, 0.29) is 11.7 Å². The van der Waals surface area contributed by atoms with E-state index in [1.807, 2.05) is 0 Å². The minimum Gasteiger partial charge on any atom is -0.494 e. The molecule has 1 heterocycles. The number of nitrogens with one attached hydrogen (secondary N) is 1. The van der Waals surface area contributed by atoms with Gasteiger partial charge in [-0.2, -0.15) is 0 Å². The second-order valence-electron chi connectivity index (χ2n) is 3.40. The third-order valence-corrected chi connectivity index (χ3v) is 4.07. The van der Waals surface area contributed by atoms with Crippen molar-refractivity contribution in [1.29, 1.82) is 0 Å². The van der Waals surface area contributed by atoms with E-state index < -0.39 is 5.82 Å². The first kappa shape index (κ1) is 13.0. The quantitative estimate of drug-likeness (QED) is 0.927. The Hall–Kier alpha value is -1.40. The van der Waals surface area contributed by atoms with Crippen molar-refractivity contribution >= 4 is 38.9 Å². The van der Waals surface area contributed by atoms with E-state index in [0.29, 0.717) is 10.6 Å². The molecular weight excluding hydrogens is 321 g/mol. The summed E-state index contributed by atoms with van der Waals surface area (Å²) in [6.07, 6.45) is 0. The summed E-state index contributed by atoms with van der Waals surface area (Å²) in [4.78, 5) is 12.4. The Balaban J connectivity index is 2.17. The SMILES string of the molecule is COc1ccc(NC(=O)c2sccc2Br)cc1F. The van der Waals surface area contributed by atoms with E-state index in [1.165, 1.54) is 30.6 Å². The normalized spacial score (nSPS) is 10.2. The summed E-state index contributed by atoms with van der Waals surface area (Å²) >= 11 is 4.58. The van der Waals surface area contributed by atoms with Crippen LogP contribution in [0, 0.1) is 5.82 Å². The molecule has 2 aromatic rings. The first-order valence-corrected chi connectivity index (χ1v) is 6.67. The van der Waals surface area contributed by atoms with Crippen LogP contribution in [0.3, 0.4) is 0 Å². The maximum absolute atomic E-state index is 13.4. The van der Waals surface area contributed by atoms with Gasteiger partial charge in [-0.15, -0.1) is 11.3 Å².